The van der Waals surface area contributed by atoms with Crippen LogP contribution < -0.4 is 20.1 Å². The first kappa shape index (κ1) is 23.3. The molecular weight excluding hydrogens is 394 g/mol. The van der Waals surface area contributed by atoms with Crippen molar-refractivity contribution in [3.8, 4) is 11.5 Å². The number of benzene rings is 1. The second kappa shape index (κ2) is 10.7. The zero-order valence-electron chi connectivity index (χ0n) is 17.8. The maximum atomic E-state index is 12.0. The average molecular weight is 426 g/mol. The lowest BCUT2D eigenvalue weighted by Gasteiger charge is -2.21. The predicted molar refractivity (Wildman–Crippen MR) is 114 cm³/mol. The minimum Gasteiger partial charge on any atom is -0.493 e. The van der Waals surface area contributed by atoms with Crippen LogP contribution in [0, 0.1) is 0 Å². The number of likely N-dealkylation sites (tertiary alicyclic amines) is 1. The third kappa shape index (κ3) is 7.74. The van der Waals surface area contributed by atoms with Gasteiger partial charge in [-0.15, -0.1) is 0 Å². The Balaban J connectivity index is 1.83. The standard InChI is InChI=1S/C21H32ClN3O4/c1-21(2,3)24-19(26)14-29-18-12-16(22)15(11-17(18)28-4)13-23-8-6-10-25-9-5-7-20(25)27/h11-12,23H,5-10,13-14H2,1-4H3,(H,24,26). The van der Waals surface area contributed by atoms with Crippen molar-refractivity contribution in [2.75, 3.05) is 33.4 Å². The van der Waals surface area contributed by atoms with Crippen LogP contribution in [0.15, 0.2) is 12.1 Å². The smallest absolute Gasteiger partial charge is 0.258 e. The summed E-state index contributed by atoms with van der Waals surface area (Å²) in [5.74, 6) is 0.998. The fourth-order valence-corrected chi connectivity index (χ4v) is 3.36. The number of carbonyl (C=O) groups excluding carboxylic acids is 2. The van der Waals surface area contributed by atoms with Gasteiger partial charge in [0.15, 0.2) is 18.1 Å². The van der Waals surface area contributed by atoms with Crippen molar-refractivity contribution < 1.29 is 19.1 Å². The molecule has 2 N–H and O–H groups in total. The largest absolute Gasteiger partial charge is 0.493 e. The number of hydrogen-bond donors (Lipinski definition) is 2. The van der Waals surface area contributed by atoms with Gasteiger partial charge in [0.1, 0.15) is 0 Å². The van der Waals surface area contributed by atoms with E-state index in [0.717, 1.165) is 38.0 Å². The van der Waals surface area contributed by atoms with Gasteiger partial charge < -0.3 is 25.0 Å². The van der Waals surface area contributed by atoms with E-state index in [0.29, 0.717) is 29.5 Å². The Morgan fingerprint density at radius 1 is 1.28 bits per heavy atom. The van der Waals surface area contributed by atoms with E-state index in [2.05, 4.69) is 10.6 Å². The molecule has 0 aromatic heterocycles. The molecule has 2 amide bonds. The third-order valence-corrected chi connectivity index (χ3v) is 4.83. The lowest BCUT2D eigenvalue weighted by Crippen LogP contribution is -2.43. The summed E-state index contributed by atoms with van der Waals surface area (Å²) in [5.41, 5.74) is 0.562. The number of hydrogen-bond acceptors (Lipinski definition) is 5. The zero-order chi connectivity index (χ0) is 21.4. The molecule has 0 bridgehead atoms. The van der Waals surface area contributed by atoms with E-state index in [1.54, 1.807) is 13.2 Å². The summed E-state index contributed by atoms with van der Waals surface area (Å²) >= 11 is 6.39. The van der Waals surface area contributed by atoms with E-state index in [1.807, 2.05) is 31.7 Å². The van der Waals surface area contributed by atoms with Gasteiger partial charge in [-0.05, 0) is 51.8 Å². The zero-order valence-corrected chi connectivity index (χ0v) is 18.5. The molecule has 1 fully saturated rings. The number of ether oxygens (including phenoxy) is 2. The van der Waals surface area contributed by atoms with Gasteiger partial charge in [0.05, 0.1) is 7.11 Å². The number of nitrogens with one attached hydrogen (secondary N) is 2. The monoisotopic (exact) mass is 425 g/mol. The number of rotatable bonds is 10. The molecule has 0 atom stereocenters. The predicted octanol–water partition coefficient (Wildman–Crippen LogP) is 2.74. The molecule has 162 valence electrons. The van der Waals surface area contributed by atoms with Crippen LogP contribution in [0.1, 0.15) is 45.6 Å². The molecule has 0 radical (unpaired) electrons. The van der Waals surface area contributed by atoms with Gasteiger partial charge in [0.2, 0.25) is 5.91 Å². The minimum atomic E-state index is -0.320. The van der Waals surface area contributed by atoms with Crippen molar-refractivity contribution in [2.45, 2.75) is 52.1 Å². The first-order chi connectivity index (χ1) is 13.7. The Labute approximate surface area is 178 Å². The molecule has 0 saturated carbocycles. The Bertz CT molecular complexity index is 719. The molecular formula is C21H32ClN3O4. The third-order valence-electron chi connectivity index (χ3n) is 4.47. The first-order valence-electron chi connectivity index (χ1n) is 9.98. The Morgan fingerprint density at radius 3 is 2.66 bits per heavy atom. The number of amides is 2. The summed E-state index contributed by atoms with van der Waals surface area (Å²) in [7, 11) is 1.55. The molecule has 1 aliphatic rings. The average Bonchev–Trinajstić information content (AvgIpc) is 3.04. The Kier molecular flexibility index (Phi) is 8.59. The highest BCUT2D eigenvalue weighted by Gasteiger charge is 2.19. The molecule has 0 unspecified atom stereocenters. The minimum absolute atomic E-state index is 0.114. The van der Waals surface area contributed by atoms with Crippen LogP contribution >= 0.6 is 11.6 Å². The number of halogens is 1. The molecule has 7 nitrogen and oxygen atoms in total. The molecule has 29 heavy (non-hydrogen) atoms. The summed E-state index contributed by atoms with van der Waals surface area (Å²) in [6.07, 6.45) is 2.54. The van der Waals surface area contributed by atoms with Gasteiger partial charge in [-0.3, -0.25) is 9.59 Å². The van der Waals surface area contributed by atoms with Crippen LogP contribution in [0.3, 0.4) is 0 Å². The number of carbonyl (C=O) groups is 2. The summed E-state index contributed by atoms with van der Waals surface area (Å²) in [4.78, 5) is 25.5. The van der Waals surface area contributed by atoms with Gasteiger partial charge >= 0.3 is 0 Å². The highest BCUT2D eigenvalue weighted by atomic mass is 35.5. The van der Waals surface area contributed by atoms with Crippen LogP contribution in [-0.2, 0) is 16.1 Å². The molecule has 1 aromatic rings. The second-order valence-corrected chi connectivity index (χ2v) is 8.60. The molecule has 1 aliphatic heterocycles. The quantitative estimate of drug-likeness (QED) is 0.563. The van der Waals surface area contributed by atoms with Gasteiger partial charge in [0, 0.05) is 42.7 Å². The summed E-state index contributed by atoms with van der Waals surface area (Å²) < 4.78 is 11.0. The Morgan fingerprint density at radius 2 is 2.03 bits per heavy atom. The molecule has 1 heterocycles. The molecule has 8 heteroatoms. The number of methoxy groups -OCH3 is 1. The van der Waals surface area contributed by atoms with Gasteiger partial charge in [0.25, 0.3) is 5.91 Å². The van der Waals surface area contributed by atoms with E-state index >= 15 is 0 Å². The maximum absolute atomic E-state index is 12.0. The lowest BCUT2D eigenvalue weighted by molar-refractivity contribution is -0.127. The molecule has 0 spiro atoms. The van der Waals surface area contributed by atoms with Gasteiger partial charge in [-0.25, -0.2) is 0 Å². The van der Waals surface area contributed by atoms with E-state index in [4.69, 9.17) is 21.1 Å². The topological polar surface area (TPSA) is 79.9 Å². The summed E-state index contributed by atoms with van der Waals surface area (Å²) in [6.45, 7) is 8.63. The SMILES string of the molecule is COc1cc(CNCCCN2CCCC2=O)c(Cl)cc1OCC(=O)NC(C)(C)C. The van der Waals surface area contributed by atoms with Crippen molar-refractivity contribution in [2.24, 2.45) is 0 Å². The van der Waals surface area contributed by atoms with E-state index in [1.165, 1.54) is 0 Å². The van der Waals surface area contributed by atoms with Crippen LogP contribution in [-0.4, -0.2) is 55.6 Å². The van der Waals surface area contributed by atoms with E-state index in [-0.39, 0.29) is 24.0 Å². The van der Waals surface area contributed by atoms with Crippen molar-refractivity contribution in [1.29, 1.82) is 0 Å². The fourth-order valence-electron chi connectivity index (χ4n) is 3.14. The molecule has 1 saturated heterocycles. The van der Waals surface area contributed by atoms with Crippen LogP contribution in [0.4, 0.5) is 0 Å². The summed E-state index contributed by atoms with van der Waals surface area (Å²) in [5, 5.41) is 6.73. The van der Waals surface area contributed by atoms with Crippen molar-refractivity contribution in [3.63, 3.8) is 0 Å². The van der Waals surface area contributed by atoms with Crippen molar-refractivity contribution in [1.82, 2.24) is 15.5 Å². The highest BCUT2D eigenvalue weighted by molar-refractivity contribution is 6.31. The van der Waals surface area contributed by atoms with E-state index < -0.39 is 0 Å². The van der Waals surface area contributed by atoms with Crippen LogP contribution in [0.5, 0.6) is 11.5 Å². The Hall–Kier alpha value is -1.99. The molecule has 0 aliphatic carbocycles. The van der Waals surface area contributed by atoms with Crippen molar-refractivity contribution in [3.05, 3.63) is 22.7 Å². The fraction of sp³-hybridized carbons (Fsp3) is 0.619. The molecule has 2 rings (SSSR count). The van der Waals surface area contributed by atoms with Crippen molar-refractivity contribution >= 4 is 23.4 Å². The van der Waals surface area contributed by atoms with Crippen LogP contribution in [0.25, 0.3) is 0 Å². The van der Waals surface area contributed by atoms with Gasteiger partial charge in [-0.2, -0.15) is 0 Å². The number of nitrogens with zero attached hydrogens (tertiary/aromatic N) is 1. The second-order valence-electron chi connectivity index (χ2n) is 8.20. The normalized spacial score (nSPS) is 14.2. The van der Waals surface area contributed by atoms with E-state index in [9.17, 15) is 9.59 Å². The van der Waals surface area contributed by atoms with Crippen LogP contribution in [0.2, 0.25) is 5.02 Å². The lowest BCUT2D eigenvalue weighted by atomic mass is 10.1. The highest BCUT2D eigenvalue weighted by Crippen LogP contribution is 2.33. The van der Waals surface area contributed by atoms with Gasteiger partial charge in [-0.1, -0.05) is 11.6 Å². The maximum Gasteiger partial charge on any atom is 0.258 e. The summed E-state index contributed by atoms with van der Waals surface area (Å²) in [6, 6.07) is 3.49. The first-order valence-corrected chi connectivity index (χ1v) is 10.4. The molecule has 1 aromatic carbocycles.